The molecule has 0 saturated carbocycles. The van der Waals surface area contributed by atoms with E-state index >= 15 is 0 Å². The van der Waals surface area contributed by atoms with Crippen LogP contribution < -0.4 is 10.5 Å². The van der Waals surface area contributed by atoms with Crippen molar-refractivity contribution in [2.45, 2.75) is 40.0 Å². The Morgan fingerprint density at radius 1 is 1.40 bits per heavy atom. The Balaban J connectivity index is 2.18. The highest BCUT2D eigenvalue weighted by molar-refractivity contribution is 9.10. The second-order valence-electron chi connectivity index (χ2n) is 4.85. The van der Waals surface area contributed by atoms with Crippen molar-refractivity contribution in [3.8, 4) is 5.75 Å². The van der Waals surface area contributed by atoms with Crippen molar-refractivity contribution in [3.05, 3.63) is 45.7 Å². The van der Waals surface area contributed by atoms with E-state index in [1.165, 1.54) is 0 Å². The van der Waals surface area contributed by atoms with Crippen molar-refractivity contribution >= 4 is 15.9 Å². The SMILES string of the molecule is CCn1nc(C)cc1COc1ccc(Br)cc1[C@H](C)N. The lowest BCUT2D eigenvalue weighted by molar-refractivity contribution is 0.288. The van der Waals surface area contributed by atoms with Crippen LogP contribution in [-0.4, -0.2) is 9.78 Å². The first kappa shape index (κ1) is 15.1. The topological polar surface area (TPSA) is 53.1 Å². The molecule has 0 spiro atoms. The van der Waals surface area contributed by atoms with Crippen LogP contribution in [0.2, 0.25) is 0 Å². The predicted octanol–water partition coefficient (Wildman–Crippen LogP) is 3.57. The third kappa shape index (κ3) is 3.41. The Morgan fingerprint density at radius 3 is 2.80 bits per heavy atom. The number of nitrogens with two attached hydrogens (primary N) is 1. The average Bonchev–Trinajstić information content (AvgIpc) is 2.77. The maximum Gasteiger partial charge on any atom is 0.130 e. The molecule has 108 valence electrons. The molecule has 2 N–H and O–H groups in total. The lowest BCUT2D eigenvalue weighted by Gasteiger charge is -2.14. The minimum atomic E-state index is -0.0691. The molecule has 0 fully saturated rings. The Bertz CT molecular complexity index is 593. The van der Waals surface area contributed by atoms with Crippen LogP contribution in [0.3, 0.4) is 0 Å². The molecule has 1 atom stereocenters. The first-order valence-corrected chi connectivity index (χ1v) is 7.51. The van der Waals surface area contributed by atoms with Gasteiger partial charge in [0.1, 0.15) is 12.4 Å². The summed E-state index contributed by atoms with van der Waals surface area (Å²) >= 11 is 3.46. The zero-order valence-electron chi connectivity index (χ0n) is 12.1. The highest BCUT2D eigenvalue weighted by Gasteiger charge is 2.11. The van der Waals surface area contributed by atoms with E-state index in [1.54, 1.807) is 0 Å². The van der Waals surface area contributed by atoms with Crippen LogP contribution in [0, 0.1) is 6.92 Å². The number of nitrogens with zero attached hydrogens (tertiary/aromatic N) is 2. The van der Waals surface area contributed by atoms with Gasteiger partial charge in [-0.1, -0.05) is 15.9 Å². The number of hydrogen-bond acceptors (Lipinski definition) is 3. The van der Waals surface area contributed by atoms with Gasteiger partial charge in [0.2, 0.25) is 0 Å². The fraction of sp³-hybridized carbons (Fsp3) is 0.400. The van der Waals surface area contributed by atoms with Gasteiger partial charge in [0, 0.05) is 22.6 Å². The van der Waals surface area contributed by atoms with E-state index in [1.807, 2.05) is 42.8 Å². The van der Waals surface area contributed by atoms with E-state index in [9.17, 15) is 0 Å². The highest BCUT2D eigenvalue weighted by Crippen LogP contribution is 2.28. The van der Waals surface area contributed by atoms with Crippen molar-refractivity contribution in [1.29, 1.82) is 0 Å². The van der Waals surface area contributed by atoms with Gasteiger partial charge in [-0.15, -0.1) is 0 Å². The summed E-state index contributed by atoms with van der Waals surface area (Å²) in [6.07, 6.45) is 0. The van der Waals surface area contributed by atoms with E-state index in [4.69, 9.17) is 10.5 Å². The van der Waals surface area contributed by atoms with E-state index in [2.05, 4.69) is 28.0 Å². The molecule has 0 aliphatic heterocycles. The van der Waals surface area contributed by atoms with Gasteiger partial charge in [0.05, 0.1) is 11.4 Å². The molecule has 0 bridgehead atoms. The lowest BCUT2D eigenvalue weighted by atomic mass is 10.1. The number of aryl methyl sites for hydroxylation is 2. The molecule has 2 aromatic rings. The van der Waals surface area contributed by atoms with Crippen LogP contribution >= 0.6 is 15.9 Å². The quantitative estimate of drug-likeness (QED) is 0.907. The number of benzene rings is 1. The standard InChI is InChI=1S/C15H20BrN3O/c1-4-19-13(7-10(2)18-19)9-20-15-6-5-12(16)8-14(15)11(3)17/h5-8,11H,4,9,17H2,1-3H3/t11-/m0/s1. The van der Waals surface area contributed by atoms with E-state index < -0.39 is 0 Å². The van der Waals surface area contributed by atoms with Gasteiger partial charge in [0.15, 0.2) is 0 Å². The second kappa shape index (κ2) is 6.41. The third-order valence-corrected chi connectivity index (χ3v) is 3.62. The summed E-state index contributed by atoms with van der Waals surface area (Å²) in [5.41, 5.74) is 9.07. The molecule has 0 amide bonds. The van der Waals surface area contributed by atoms with Gasteiger partial charge in [-0.05, 0) is 45.0 Å². The van der Waals surface area contributed by atoms with Gasteiger partial charge in [-0.3, -0.25) is 4.68 Å². The zero-order valence-corrected chi connectivity index (χ0v) is 13.6. The molecule has 0 unspecified atom stereocenters. The van der Waals surface area contributed by atoms with Gasteiger partial charge in [-0.2, -0.15) is 5.10 Å². The first-order chi connectivity index (χ1) is 9.51. The molecule has 0 saturated heterocycles. The first-order valence-electron chi connectivity index (χ1n) is 6.72. The third-order valence-electron chi connectivity index (χ3n) is 3.12. The van der Waals surface area contributed by atoms with Gasteiger partial charge in [-0.25, -0.2) is 0 Å². The van der Waals surface area contributed by atoms with E-state index in [-0.39, 0.29) is 6.04 Å². The van der Waals surface area contributed by atoms with Crippen LogP contribution in [0.4, 0.5) is 0 Å². The molecular weight excluding hydrogens is 318 g/mol. The number of aromatic nitrogens is 2. The Labute approximate surface area is 128 Å². The smallest absolute Gasteiger partial charge is 0.130 e. The largest absolute Gasteiger partial charge is 0.487 e. The number of rotatable bonds is 5. The highest BCUT2D eigenvalue weighted by atomic mass is 79.9. The second-order valence-corrected chi connectivity index (χ2v) is 5.77. The minimum absolute atomic E-state index is 0.0691. The molecule has 1 aromatic heterocycles. The summed E-state index contributed by atoms with van der Waals surface area (Å²) in [6.45, 7) is 7.35. The zero-order chi connectivity index (χ0) is 14.7. The number of hydrogen-bond donors (Lipinski definition) is 1. The summed E-state index contributed by atoms with van der Waals surface area (Å²) in [6, 6.07) is 7.89. The number of ether oxygens (including phenoxy) is 1. The summed E-state index contributed by atoms with van der Waals surface area (Å²) < 4.78 is 8.90. The van der Waals surface area contributed by atoms with Crippen LogP contribution in [0.1, 0.15) is 36.8 Å². The molecule has 1 heterocycles. The molecule has 2 rings (SSSR count). The van der Waals surface area contributed by atoms with Crippen LogP contribution in [0.25, 0.3) is 0 Å². The predicted molar refractivity (Wildman–Crippen MR) is 83.7 cm³/mol. The van der Waals surface area contributed by atoms with Crippen molar-refractivity contribution in [2.75, 3.05) is 0 Å². The van der Waals surface area contributed by atoms with Crippen LogP contribution in [0.5, 0.6) is 5.75 Å². The van der Waals surface area contributed by atoms with Gasteiger partial charge >= 0.3 is 0 Å². The molecule has 20 heavy (non-hydrogen) atoms. The van der Waals surface area contributed by atoms with Crippen molar-refractivity contribution in [3.63, 3.8) is 0 Å². The van der Waals surface area contributed by atoms with E-state index in [0.29, 0.717) is 6.61 Å². The molecule has 1 aromatic carbocycles. The summed E-state index contributed by atoms with van der Waals surface area (Å²) in [5, 5.41) is 4.42. The summed E-state index contributed by atoms with van der Waals surface area (Å²) in [5.74, 6) is 0.824. The maximum atomic E-state index is 5.99. The molecular formula is C15H20BrN3O. The van der Waals surface area contributed by atoms with Crippen LogP contribution in [-0.2, 0) is 13.2 Å². The van der Waals surface area contributed by atoms with Crippen molar-refractivity contribution < 1.29 is 4.74 Å². The maximum absolute atomic E-state index is 5.99. The normalized spacial score (nSPS) is 12.4. The Hall–Kier alpha value is -1.33. The molecule has 0 aliphatic rings. The molecule has 0 aliphatic carbocycles. The molecule has 4 nitrogen and oxygen atoms in total. The molecule has 5 heteroatoms. The fourth-order valence-corrected chi connectivity index (χ4v) is 2.53. The number of halogens is 1. The van der Waals surface area contributed by atoms with Gasteiger partial charge < -0.3 is 10.5 Å². The lowest BCUT2D eigenvalue weighted by Crippen LogP contribution is -2.10. The Morgan fingerprint density at radius 2 is 2.15 bits per heavy atom. The monoisotopic (exact) mass is 337 g/mol. The minimum Gasteiger partial charge on any atom is -0.487 e. The Kier molecular flexibility index (Phi) is 4.83. The molecule has 0 radical (unpaired) electrons. The van der Waals surface area contributed by atoms with Crippen LogP contribution in [0.15, 0.2) is 28.7 Å². The summed E-state index contributed by atoms with van der Waals surface area (Å²) in [7, 11) is 0. The summed E-state index contributed by atoms with van der Waals surface area (Å²) in [4.78, 5) is 0. The van der Waals surface area contributed by atoms with Crippen molar-refractivity contribution in [1.82, 2.24) is 9.78 Å². The fourth-order valence-electron chi connectivity index (χ4n) is 2.15. The van der Waals surface area contributed by atoms with Crippen molar-refractivity contribution in [2.24, 2.45) is 5.73 Å². The average molecular weight is 338 g/mol. The van der Waals surface area contributed by atoms with E-state index in [0.717, 1.165) is 33.7 Å². The van der Waals surface area contributed by atoms with Gasteiger partial charge in [0.25, 0.3) is 0 Å².